The van der Waals surface area contributed by atoms with Crippen LogP contribution in [0.3, 0.4) is 0 Å². The van der Waals surface area contributed by atoms with Gasteiger partial charge in [0.1, 0.15) is 5.82 Å². The summed E-state index contributed by atoms with van der Waals surface area (Å²) in [6, 6.07) is 21.3. The number of H-pyrrole nitrogens is 1. The molecule has 1 aliphatic rings. The average molecular weight is 414 g/mol. The van der Waals surface area contributed by atoms with Crippen LogP contribution in [0, 0.1) is 13.8 Å². The Morgan fingerprint density at radius 2 is 1.77 bits per heavy atom. The number of fused-ring (bicyclic) bond motifs is 2. The number of rotatable bonds is 4. The molecule has 4 aromatic rings. The second kappa shape index (κ2) is 7.65. The molecule has 0 saturated heterocycles. The zero-order valence-corrected chi connectivity index (χ0v) is 18.3. The van der Waals surface area contributed by atoms with Gasteiger partial charge in [-0.1, -0.05) is 36.0 Å². The third-order valence-electron chi connectivity index (χ3n) is 5.68. The van der Waals surface area contributed by atoms with Crippen LogP contribution < -0.4 is 9.47 Å². The van der Waals surface area contributed by atoms with Crippen LogP contribution in [0.5, 0.6) is 0 Å². The number of aromatic amines is 1. The van der Waals surface area contributed by atoms with Crippen molar-refractivity contribution in [3.63, 3.8) is 0 Å². The Balaban J connectivity index is 1.36. The number of hydrogen-bond acceptors (Lipinski definition) is 3. The molecule has 2 aromatic heterocycles. The maximum Gasteiger partial charge on any atom is 0.179 e. The molecule has 0 amide bonds. The van der Waals surface area contributed by atoms with Gasteiger partial charge in [0, 0.05) is 37.9 Å². The van der Waals surface area contributed by atoms with Gasteiger partial charge in [-0.15, -0.1) is 0 Å². The molecule has 1 N–H and O–H groups in total. The first-order chi connectivity index (χ1) is 14.6. The standard InChI is InChI=1S/C25H25N4S/c1-17-14-19(16-25-28(3)22-10-6-7-11-23(22)30-25)15-18(2)29(17)13-12-24-26-20-8-4-5-9-21(20)27-24/h4-11,14-16H,12-13H2,1-3H3,(H,26,27)/q+1. The second-order valence-corrected chi connectivity index (χ2v) is 8.85. The molecule has 0 fully saturated rings. The van der Waals surface area contributed by atoms with E-state index in [0.29, 0.717) is 0 Å². The van der Waals surface area contributed by atoms with Gasteiger partial charge in [-0.2, -0.15) is 4.57 Å². The van der Waals surface area contributed by atoms with Crippen molar-refractivity contribution in [2.24, 2.45) is 0 Å². The van der Waals surface area contributed by atoms with Crippen molar-refractivity contribution in [1.29, 1.82) is 0 Å². The number of pyridine rings is 1. The molecule has 150 valence electrons. The van der Waals surface area contributed by atoms with E-state index < -0.39 is 0 Å². The summed E-state index contributed by atoms with van der Waals surface area (Å²) in [5.41, 5.74) is 7.19. The number of para-hydroxylation sites is 3. The lowest BCUT2D eigenvalue weighted by Gasteiger charge is -2.13. The Morgan fingerprint density at radius 1 is 1.03 bits per heavy atom. The summed E-state index contributed by atoms with van der Waals surface area (Å²) >= 11 is 1.83. The first-order valence-electron chi connectivity index (χ1n) is 10.3. The molecule has 0 unspecified atom stereocenters. The number of thioether (sulfide) groups is 1. The van der Waals surface area contributed by atoms with Crippen molar-refractivity contribution in [1.82, 2.24) is 9.97 Å². The van der Waals surface area contributed by atoms with Crippen molar-refractivity contribution < 1.29 is 4.57 Å². The number of benzene rings is 2. The van der Waals surface area contributed by atoms with Crippen molar-refractivity contribution >= 4 is 34.6 Å². The van der Waals surface area contributed by atoms with Gasteiger partial charge in [0.15, 0.2) is 17.9 Å². The number of hydrogen-bond donors (Lipinski definition) is 1. The maximum absolute atomic E-state index is 4.71. The molecule has 1 aliphatic heterocycles. The Hall–Kier alpha value is -3.05. The van der Waals surface area contributed by atoms with E-state index in [9.17, 15) is 0 Å². The molecule has 3 heterocycles. The quantitative estimate of drug-likeness (QED) is 0.464. The number of imidazole rings is 1. The van der Waals surface area contributed by atoms with Crippen LogP contribution in [0.25, 0.3) is 17.1 Å². The van der Waals surface area contributed by atoms with Crippen LogP contribution in [-0.4, -0.2) is 17.0 Å². The zero-order chi connectivity index (χ0) is 20.7. The van der Waals surface area contributed by atoms with E-state index in [1.807, 2.05) is 23.9 Å². The predicted molar refractivity (Wildman–Crippen MR) is 125 cm³/mol. The summed E-state index contributed by atoms with van der Waals surface area (Å²) in [4.78, 5) is 11.7. The molecular weight excluding hydrogens is 388 g/mol. The van der Waals surface area contributed by atoms with E-state index in [2.05, 4.69) is 90.0 Å². The molecule has 5 rings (SSSR count). The SMILES string of the molecule is Cc1cc(/C=C2/Sc3ccccc3N2C)cc(C)[n+]1CCc1nc2ccccc2[nH]1. The van der Waals surface area contributed by atoms with Crippen LogP contribution in [0.2, 0.25) is 0 Å². The van der Waals surface area contributed by atoms with Crippen molar-refractivity contribution in [2.75, 3.05) is 11.9 Å². The number of aromatic nitrogens is 3. The number of aryl methyl sites for hydroxylation is 3. The summed E-state index contributed by atoms with van der Waals surface area (Å²) in [5.74, 6) is 1.04. The van der Waals surface area contributed by atoms with E-state index in [1.165, 1.54) is 32.6 Å². The van der Waals surface area contributed by atoms with Gasteiger partial charge in [0.25, 0.3) is 0 Å². The molecule has 0 spiro atoms. The molecule has 0 aliphatic carbocycles. The van der Waals surface area contributed by atoms with E-state index in [-0.39, 0.29) is 0 Å². The molecule has 0 atom stereocenters. The van der Waals surface area contributed by atoms with E-state index in [0.717, 1.165) is 29.8 Å². The monoisotopic (exact) mass is 413 g/mol. The smallest absolute Gasteiger partial charge is 0.179 e. The number of nitrogens with zero attached hydrogens (tertiary/aromatic N) is 3. The molecule has 0 radical (unpaired) electrons. The third-order valence-corrected chi connectivity index (χ3v) is 6.84. The summed E-state index contributed by atoms with van der Waals surface area (Å²) < 4.78 is 2.37. The minimum Gasteiger partial charge on any atom is -0.342 e. The summed E-state index contributed by atoms with van der Waals surface area (Å²) in [6.45, 7) is 5.29. The fourth-order valence-electron chi connectivity index (χ4n) is 4.13. The molecule has 30 heavy (non-hydrogen) atoms. The molecule has 0 bridgehead atoms. The third kappa shape index (κ3) is 3.50. The Labute approximate surface area is 181 Å². The van der Waals surface area contributed by atoms with Gasteiger partial charge in [0.2, 0.25) is 0 Å². The van der Waals surface area contributed by atoms with Crippen LogP contribution in [0.4, 0.5) is 5.69 Å². The predicted octanol–water partition coefficient (Wildman–Crippen LogP) is 5.25. The van der Waals surface area contributed by atoms with Crippen LogP contribution in [-0.2, 0) is 13.0 Å². The molecule has 2 aromatic carbocycles. The second-order valence-electron chi connectivity index (χ2n) is 7.79. The first-order valence-corrected chi connectivity index (χ1v) is 11.1. The normalized spacial score (nSPS) is 14.6. The highest BCUT2D eigenvalue weighted by Crippen LogP contribution is 2.45. The highest BCUT2D eigenvalue weighted by Gasteiger charge is 2.22. The van der Waals surface area contributed by atoms with Gasteiger partial charge in [-0.25, -0.2) is 4.98 Å². The van der Waals surface area contributed by atoms with E-state index in [1.54, 1.807) is 0 Å². The topological polar surface area (TPSA) is 35.8 Å². The van der Waals surface area contributed by atoms with Crippen LogP contribution in [0.15, 0.2) is 70.6 Å². The van der Waals surface area contributed by atoms with Gasteiger partial charge < -0.3 is 9.88 Å². The molecular formula is C25H25N4S+. The summed E-state index contributed by atoms with van der Waals surface area (Å²) in [6.07, 6.45) is 3.17. The fourth-order valence-corrected chi connectivity index (χ4v) is 5.24. The maximum atomic E-state index is 4.71. The first kappa shape index (κ1) is 18.9. The molecule has 4 nitrogen and oxygen atoms in total. The number of anilines is 1. The lowest BCUT2D eigenvalue weighted by molar-refractivity contribution is -0.708. The van der Waals surface area contributed by atoms with Crippen molar-refractivity contribution in [3.05, 3.63) is 88.5 Å². The van der Waals surface area contributed by atoms with Gasteiger partial charge in [-0.3, -0.25) is 0 Å². The zero-order valence-electron chi connectivity index (χ0n) is 17.5. The van der Waals surface area contributed by atoms with E-state index in [4.69, 9.17) is 4.98 Å². The highest BCUT2D eigenvalue weighted by molar-refractivity contribution is 8.03. The van der Waals surface area contributed by atoms with Gasteiger partial charge in [-0.05, 0) is 35.9 Å². The number of nitrogens with one attached hydrogen (secondary N) is 1. The fraction of sp³-hybridized carbons (Fsp3) is 0.200. The highest BCUT2D eigenvalue weighted by atomic mass is 32.2. The molecule has 5 heteroatoms. The largest absolute Gasteiger partial charge is 0.342 e. The van der Waals surface area contributed by atoms with Crippen molar-refractivity contribution in [2.45, 2.75) is 31.7 Å². The van der Waals surface area contributed by atoms with Crippen LogP contribution in [0.1, 0.15) is 22.8 Å². The Bertz CT molecular complexity index is 1220. The summed E-state index contributed by atoms with van der Waals surface area (Å²) in [5, 5.41) is 1.26. The van der Waals surface area contributed by atoms with Crippen molar-refractivity contribution in [3.8, 4) is 0 Å². The summed E-state index contributed by atoms with van der Waals surface area (Å²) in [7, 11) is 2.14. The minimum absolute atomic E-state index is 0.884. The molecule has 0 saturated carbocycles. The average Bonchev–Trinajstić information content (AvgIpc) is 3.28. The Kier molecular flexibility index (Phi) is 4.83. The Morgan fingerprint density at radius 3 is 2.53 bits per heavy atom. The lowest BCUT2D eigenvalue weighted by Crippen LogP contribution is -2.41. The van der Waals surface area contributed by atoms with E-state index >= 15 is 0 Å². The minimum atomic E-state index is 0.884. The van der Waals surface area contributed by atoms with Gasteiger partial charge in [0.05, 0.1) is 28.2 Å². The van der Waals surface area contributed by atoms with Crippen LogP contribution >= 0.6 is 11.8 Å². The van der Waals surface area contributed by atoms with Gasteiger partial charge >= 0.3 is 0 Å². The lowest BCUT2D eigenvalue weighted by atomic mass is 10.1.